The Bertz CT molecular complexity index is 1590. The number of halogens is 3. The first-order chi connectivity index (χ1) is 18.1. The number of pyridine rings is 1. The van der Waals surface area contributed by atoms with Crippen LogP contribution in [0.5, 0.6) is 5.75 Å². The Morgan fingerprint density at radius 1 is 1.16 bits per heavy atom. The summed E-state index contributed by atoms with van der Waals surface area (Å²) in [5.74, 6) is 0.560. The maximum absolute atomic E-state index is 12.6. The molecule has 1 amide bonds. The van der Waals surface area contributed by atoms with Crippen molar-refractivity contribution >= 4 is 28.6 Å². The molecule has 11 heteroatoms. The number of alkyl halides is 3. The quantitative estimate of drug-likeness (QED) is 0.325. The van der Waals surface area contributed by atoms with Gasteiger partial charge in [-0.05, 0) is 30.2 Å². The highest BCUT2D eigenvalue weighted by molar-refractivity contribution is 7.98. The monoisotopic (exact) mass is 543 g/mol. The van der Waals surface area contributed by atoms with Crippen molar-refractivity contribution in [2.75, 3.05) is 11.7 Å². The lowest BCUT2D eigenvalue weighted by Crippen LogP contribution is -2.53. The van der Waals surface area contributed by atoms with E-state index in [-0.39, 0.29) is 18.4 Å². The van der Waals surface area contributed by atoms with Crippen molar-refractivity contribution in [3.8, 4) is 5.75 Å². The van der Waals surface area contributed by atoms with E-state index in [1.807, 2.05) is 30.1 Å². The summed E-state index contributed by atoms with van der Waals surface area (Å²) in [6.07, 6.45) is -3.14. The molecule has 0 bridgehead atoms. The predicted molar refractivity (Wildman–Crippen MR) is 138 cm³/mol. The van der Waals surface area contributed by atoms with Crippen LogP contribution < -0.4 is 15.8 Å². The Kier molecular flexibility index (Phi) is 6.64. The zero-order valence-electron chi connectivity index (χ0n) is 20.5. The second-order valence-corrected chi connectivity index (χ2v) is 9.95. The van der Waals surface area contributed by atoms with Crippen molar-refractivity contribution in [1.82, 2.24) is 9.99 Å². The van der Waals surface area contributed by atoms with Crippen LogP contribution in [0.4, 0.5) is 13.2 Å². The van der Waals surface area contributed by atoms with Crippen LogP contribution in [0.2, 0.25) is 0 Å². The number of aromatic nitrogens is 1. The standard InChI is InChI=1S/C24H19N3O4S.C3H5F3/c1-13-10-14-6-7-15-11-32-18-5-3-2-4-16(18)20(19(15)23(14)31-13)27-12-25-24(30)21-22(29)17(28)8-9-26(21)27;1-2-3(4,5)6/h2-10,20,29H,11-12H2,1H3,(H,25,30);2H2,1H3/t20-;/m1./s1. The molecule has 2 aliphatic heterocycles. The molecule has 2 aromatic heterocycles. The number of thioether (sulfide) groups is 1. The molecule has 198 valence electrons. The Hall–Kier alpha value is -3.86. The summed E-state index contributed by atoms with van der Waals surface area (Å²) in [7, 11) is 0. The number of fused-ring (bicyclic) bond motifs is 5. The van der Waals surface area contributed by atoms with E-state index in [1.165, 1.54) is 6.07 Å². The van der Waals surface area contributed by atoms with Crippen LogP contribution in [-0.4, -0.2) is 28.5 Å². The average Bonchev–Trinajstić information content (AvgIpc) is 3.18. The van der Waals surface area contributed by atoms with Gasteiger partial charge in [-0.1, -0.05) is 37.3 Å². The minimum Gasteiger partial charge on any atom is -0.502 e. The first-order valence-electron chi connectivity index (χ1n) is 11.9. The molecule has 6 rings (SSSR count). The average molecular weight is 544 g/mol. The molecular formula is C27H24F3N3O4S. The number of nitrogens with one attached hydrogen (secondary N) is 1. The molecule has 1 atom stereocenters. The van der Waals surface area contributed by atoms with E-state index in [2.05, 4.69) is 29.6 Å². The maximum atomic E-state index is 12.6. The molecular weight excluding hydrogens is 519 g/mol. The van der Waals surface area contributed by atoms with E-state index < -0.39 is 29.7 Å². The zero-order chi connectivity index (χ0) is 27.2. The predicted octanol–water partition coefficient (Wildman–Crippen LogP) is 5.60. The SMILES string of the molecule is CCC(F)(F)F.Cc1cc2ccc3c(c2o1)[C@H](N1CNC(=O)c2c(O)c(=O)ccn21)c1ccccc1SC3. The van der Waals surface area contributed by atoms with Gasteiger partial charge in [0.1, 0.15) is 24.1 Å². The Balaban J connectivity index is 0.000000443. The number of carbonyl (C=O) groups excluding carboxylic acids is 1. The number of carbonyl (C=O) groups is 1. The van der Waals surface area contributed by atoms with Gasteiger partial charge in [-0.3, -0.25) is 19.3 Å². The third-order valence-electron chi connectivity index (χ3n) is 6.46. The highest BCUT2D eigenvalue weighted by Gasteiger charge is 2.36. The third-order valence-corrected chi connectivity index (χ3v) is 7.59. The summed E-state index contributed by atoms with van der Waals surface area (Å²) in [5, 5.41) is 16.2. The second kappa shape index (κ2) is 9.79. The summed E-state index contributed by atoms with van der Waals surface area (Å²) < 4.78 is 40.1. The number of furan rings is 1. The number of aryl methyl sites for hydroxylation is 1. The summed E-state index contributed by atoms with van der Waals surface area (Å²) in [5.41, 5.74) is 3.39. The number of rotatable bonds is 1. The van der Waals surface area contributed by atoms with Crippen molar-refractivity contribution in [2.45, 2.75) is 43.1 Å². The molecule has 7 nitrogen and oxygen atoms in total. The van der Waals surface area contributed by atoms with Crippen LogP contribution in [0, 0.1) is 6.92 Å². The first-order valence-corrected chi connectivity index (χ1v) is 12.9. The van der Waals surface area contributed by atoms with E-state index in [1.54, 1.807) is 22.6 Å². The van der Waals surface area contributed by atoms with Crippen molar-refractivity contribution in [3.63, 3.8) is 0 Å². The summed E-state index contributed by atoms with van der Waals surface area (Å²) in [6, 6.07) is 15.4. The smallest absolute Gasteiger partial charge is 0.388 e. The summed E-state index contributed by atoms with van der Waals surface area (Å²) >= 11 is 1.76. The van der Waals surface area contributed by atoms with Crippen molar-refractivity contribution in [3.05, 3.63) is 93.1 Å². The zero-order valence-corrected chi connectivity index (χ0v) is 21.3. The van der Waals surface area contributed by atoms with Gasteiger partial charge in [-0.15, -0.1) is 11.8 Å². The fraction of sp³-hybridized carbons (Fsp3) is 0.259. The highest BCUT2D eigenvalue weighted by Crippen LogP contribution is 2.45. The number of amides is 1. The molecule has 0 saturated heterocycles. The lowest BCUT2D eigenvalue weighted by atomic mass is 9.93. The number of hydrogen-bond donors (Lipinski definition) is 2. The lowest BCUT2D eigenvalue weighted by Gasteiger charge is -2.40. The Morgan fingerprint density at radius 2 is 1.89 bits per heavy atom. The van der Waals surface area contributed by atoms with Gasteiger partial charge in [-0.25, -0.2) is 0 Å². The van der Waals surface area contributed by atoms with Gasteiger partial charge >= 0.3 is 6.18 Å². The van der Waals surface area contributed by atoms with Crippen LogP contribution in [0.25, 0.3) is 11.0 Å². The van der Waals surface area contributed by atoms with Gasteiger partial charge in [0.2, 0.25) is 5.43 Å². The third kappa shape index (κ3) is 4.62. The van der Waals surface area contributed by atoms with Gasteiger partial charge in [0.15, 0.2) is 11.4 Å². The Morgan fingerprint density at radius 3 is 2.63 bits per heavy atom. The number of aromatic hydroxyl groups is 1. The van der Waals surface area contributed by atoms with E-state index in [4.69, 9.17) is 4.42 Å². The molecule has 0 spiro atoms. The number of benzene rings is 2. The van der Waals surface area contributed by atoms with Crippen LogP contribution >= 0.6 is 11.8 Å². The Labute approximate surface area is 219 Å². The van der Waals surface area contributed by atoms with Crippen LogP contribution in [0.3, 0.4) is 0 Å². The summed E-state index contributed by atoms with van der Waals surface area (Å²) in [6.45, 7) is 3.22. The van der Waals surface area contributed by atoms with E-state index in [0.717, 1.165) is 51.0 Å². The van der Waals surface area contributed by atoms with Crippen molar-refractivity contribution < 1.29 is 27.5 Å². The molecule has 0 fully saturated rings. The van der Waals surface area contributed by atoms with Gasteiger partial charge < -0.3 is 14.8 Å². The lowest BCUT2D eigenvalue weighted by molar-refractivity contribution is -0.130. The molecule has 2 aliphatic rings. The van der Waals surface area contributed by atoms with E-state index in [0.29, 0.717) is 0 Å². The minimum atomic E-state index is -3.96. The van der Waals surface area contributed by atoms with E-state index in [9.17, 15) is 27.9 Å². The van der Waals surface area contributed by atoms with Gasteiger partial charge in [-0.2, -0.15) is 13.2 Å². The van der Waals surface area contributed by atoms with E-state index >= 15 is 0 Å². The van der Waals surface area contributed by atoms with Gasteiger partial charge in [0.25, 0.3) is 5.91 Å². The number of hydrogen-bond acceptors (Lipinski definition) is 6. The van der Waals surface area contributed by atoms with Crippen LogP contribution in [0.15, 0.2) is 68.8 Å². The minimum absolute atomic E-state index is 0.0671. The van der Waals surface area contributed by atoms with Crippen LogP contribution in [0.1, 0.15) is 52.3 Å². The molecule has 38 heavy (non-hydrogen) atoms. The first kappa shape index (κ1) is 25.8. The molecule has 2 aromatic carbocycles. The fourth-order valence-electron chi connectivity index (χ4n) is 4.65. The van der Waals surface area contributed by atoms with Crippen molar-refractivity contribution in [1.29, 1.82) is 0 Å². The molecule has 4 heterocycles. The largest absolute Gasteiger partial charge is 0.502 e. The van der Waals surface area contributed by atoms with Gasteiger partial charge in [0, 0.05) is 40.3 Å². The molecule has 4 aromatic rings. The second-order valence-electron chi connectivity index (χ2n) is 8.94. The normalized spacial score (nSPS) is 16.5. The molecule has 0 aliphatic carbocycles. The maximum Gasteiger partial charge on any atom is 0.388 e. The molecule has 0 radical (unpaired) electrons. The fourth-order valence-corrected chi connectivity index (χ4v) is 5.73. The summed E-state index contributed by atoms with van der Waals surface area (Å²) in [4.78, 5) is 25.8. The van der Waals surface area contributed by atoms with Crippen molar-refractivity contribution in [2.24, 2.45) is 0 Å². The molecule has 0 saturated carbocycles. The topological polar surface area (TPSA) is 87.7 Å². The highest BCUT2D eigenvalue weighted by atomic mass is 32.2. The number of nitrogens with zero attached hydrogens (tertiary/aromatic N) is 2. The molecule has 0 unspecified atom stereocenters. The van der Waals surface area contributed by atoms with Gasteiger partial charge in [0.05, 0.1) is 0 Å². The van der Waals surface area contributed by atoms with Crippen LogP contribution in [-0.2, 0) is 5.75 Å². The molecule has 2 N–H and O–H groups in total.